The largest absolute Gasteiger partial charge is 0.382 e. The van der Waals surface area contributed by atoms with Gasteiger partial charge in [0.2, 0.25) is 11.8 Å². The minimum Gasteiger partial charge on any atom is -0.382 e. The van der Waals surface area contributed by atoms with Crippen LogP contribution in [0.1, 0.15) is 42.9 Å². The van der Waals surface area contributed by atoms with E-state index >= 15 is 0 Å². The fourth-order valence-electron chi connectivity index (χ4n) is 4.77. The molecule has 8 heteroatoms. The molecule has 0 saturated carbocycles. The summed E-state index contributed by atoms with van der Waals surface area (Å²) in [6.07, 6.45) is 6.29. The van der Waals surface area contributed by atoms with E-state index in [4.69, 9.17) is 14.0 Å². The minimum atomic E-state index is -0.452. The van der Waals surface area contributed by atoms with Gasteiger partial charge in [-0.25, -0.2) is 5.16 Å². The molecule has 5 rings (SSSR count). The summed E-state index contributed by atoms with van der Waals surface area (Å²) in [4.78, 5) is 28.6. The Bertz CT molecular complexity index is 1170. The molecule has 2 amide bonds. The number of fused-ring (bicyclic) bond motifs is 3. The van der Waals surface area contributed by atoms with E-state index in [1.807, 2.05) is 12.1 Å². The number of nitrogens with zero attached hydrogens (tertiary/aromatic N) is 1. The standard InChI is InChI=1S/C22H23N3O5/c1-28-22(29-2)12-4-3-11(9-12)15-10-16-18(13-7-8-23-19(13)15)20(25-30-16)14-5-6-17(26)24-21(14)27/h7-10,12,14,22,25H,3-6H2,1-2H3,(H,24,26,27)/t12-,14?/m1/s1. The van der Waals surface area contributed by atoms with Crippen molar-refractivity contribution in [3.63, 3.8) is 0 Å². The Morgan fingerprint density at radius 1 is 1.20 bits per heavy atom. The van der Waals surface area contributed by atoms with E-state index in [1.54, 1.807) is 20.4 Å². The Labute approximate surface area is 172 Å². The SMILES string of the molecule is COC(OC)[C@H]1C=C(c2cc3o[nH]c(C4CCC(=O)NC4=O)c3c3ccnc23)CC1. The van der Waals surface area contributed by atoms with E-state index in [1.165, 1.54) is 5.57 Å². The molecular weight excluding hydrogens is 386 g/mol. The highest BCUT2D eigenvalue weighted by Crippen LogP contribution is 2.41. The van der Waals surface area contributed by atoms with Crippen LogP contribution in [-0.4, -0.2) is 42.5 Å². The summed E-state index contributed by atoms with van der Waals surface area (Å²) >= 11 is 0. The summed E-state index contributed by atoms with van der Waals surface area (Å²) < 4.78 is 16.6. The zero-order valence-electron chi connectivity index (χ0n) is 16.9. The minimum absolute atomic E-state index is 0.179. The number of amides is 2. The van der Waals surface area contributed by atoms with Crippen molar-refractivity contribution in [2.45, 2.75) is 37.9 Å². The summed E-state index contributed by atoms with van der Waals surface area (Å²) in [6, 6.07) is 3.93. The topological polar surface area (TPSA) is 106 Å². The van der Waals surface area contributed by atoms with Crippen molar-refractivity contribution in [2.75, 3.05) is 14.2 Å². The first-order valence-corrected chi connectivity index (χ1v) is 10.1. The molecule has 1 fully saturated rings. The van der Waals surface area contributed by atoms with Gasteiger partial charge in [-0.2, -0.15) is 0 Å². The number of methoxy groups -OCH3 is 2. The molecule has 1 unspecified atom stereocenters. The Balaban J connectivity index is 1.60. The summed E-state index contributed by atoms with van der Waals surface area (Å²) in [7, 11) is 3.30. The molecule has 2 atom stereocenters. The molecule has 2 aliphatic rings. The predicted molar refractivity (Wildman–Crippen MR) is 109 cm³/mol. The predicted octanol–water partition coefficient (Wildman–Crippen LogP) is 3.24. The molecule has 2 N–H and O–H groups in total. The average molecular weight is 409 g/mol. The van der Waals surface area contributed by atoms with Gasteiger partial charge in [0.05, 0.1) is 22.5 Å². The van der Waals surface area contributed by atoms with Gasteiger partial charge in [0.1, 0.15) is 0 Å². The smallest absolute Gasteiger partial charge is 0.235 e. The maximum atomic E-state index is 12.4. The van der Waals surface area contributed by atoms with Crippen molar-refractivity contribution >= 4 is 39.3 Å². The fraction of sp³-hybridized carbons (Fsp3) is 0.409. The van der Waals surface area contributed by atoms with Crippen LogP contribution in [0, 0.1) is 5.92 Å². The second-order valence-corrected chi connectivity index (χ2v) is 7.86. The first-order valence-electron chi connectivity index (χ1n) is 10.1. The zero-order valence-corrected chi connectivity index (χ0v) is 16.9. The van der Waals surface area contributed by atoms with Crippen LogP contribution in [0.5, 0.6) is 0 Å². The number of aromatic nitrogens is 2. The number of H-pyrrole nitrogens is 1. The molecule has 30 heavy (non-hydrogen) atoms. The monoisotopic (exact) mass is 409 g/mol. The molecule has 3 aromatic rings. The van der Waals surface area contributed by atoms with E-state index in [9.17, 15) is 9.59 Å². The second kappa shape index (κ2) is 7.37. The Hall–Kier alpha value is -2.97. The van der Waals surface area contributed by atoms with Crippen molar-refractivity contribution < 1.29 is 23.6 Å². The van der Waals surface area contributed by atoms with E-state index in [2.05, 4.69) is 21.5 Å². The Morgan fingerprint density at radius 3 is 2.80 bits per heavy atom. The molecule has 1 aliphatic heterocycles. The normalized spacial score (nSPS) is 22.3. The number of benzene rings is 1. The summed E-state index contributed by atoms with van der Waals surface area (Å²) in [5.74, 6) is -0.807. The quantitative estimate of drug-likeness (QED) is 0.495. The van der Waals surface area contributed by atoms with Crippen LogP contribution in [0.2, 0.25) is 0 Å². The van der Waals surface area contributed by atoms with E-state index in [0.29, 0.717) is 24.1 Å². The van der Waals surface area contributed by atoms with Crippen molar-refractivity contribution in [3.8, 4) is 0 Å². The lowest BCUT2D eigenvalue weighted by molar-refractivity contribution is -0.134. The van der Waals surface area contributed by atoms with Gasteiger partial charge in [-0.05, 0) is 37.0 Å². The lowest BCUT2D eigenvalue weighted by atomic mass is 9.91. The number of hydrogen-bond donors (Lipinski definition) is 2. The number of rotatable bonds is 5. The molecule has 3 heterocycles. The van der Waals surface area contributed by atoms with Gasteiger partial charge in [-0.1, -0.05) is 6.08 Å². The van der Waals surface area contributed by atoms with Gasteiger partial charge in [0.25, 0.3) is 0 Å². The second-order valence-electron chi connectivity index (χ2n) is 7.86. The van der Waals surface area contributed by atoms with Gasteiger partial charge in [0.15, 0.2) is 11.9 Å². The molecule has 8 nitrogen and oxygen atoms in total. The highest BCUT2D eigenvalue weighted by atomic mass is 16.7. The zero-order chi connectivity index (χ0) is 20.8. The summed E-state index contributed by atoms with van der Waals surface area (Å²) in [5.41, 5.74) is 4.45. The van der Waals surface area contributed by atoms with Crippen LogP contribution in [0.4, 0.5) is 0 Å². The molecule has 0 spiro atoms. The average Bonchev–Trinajstić information content (AvgIpc) is 3.47. The number of aromatic amines is 1. The maximum absolute atomic E-state index is 12.4. The van der Waals surface area contributed by atoms with E-state index in [-0.39, 0.29) is 24.0 Å². The third kappa shape index (κ3) is 2.95. The van der Waals surface area contributed by atoms with Crippen molar-refractivity contribution in [1.82, 2.24) is 15.5 Å². The number of piperidine rings is 1. The number of allylic oxidation sites excluding steroid dienone is 1. The van der Waals surface area contributed by atoms with E-state index in [0.717, 1.165) is 34.7 Å². The number of carbonyl (C=O) groups excluding carboxylic acids is 2. The van der Waals surface area contributed by atoms with Crippen LogP contribution in [0.25, 0.3) is 27.4 Å². The lowest BCUT2D eigenvalue weighted by Crippen LogP contribution is -2.39. The highest BCUT2D eigenvalue weighted by Gasteiger charge is 2.33. The number of nitrogens with one attached hydrogen (secondary N) is 2. The first-order chi connectivity index (χ1) is 14.6. The van der Waals surface area contributed by atoms with Crippen molar-refractivity contribution in [2.24, 2.45) is 5.92 Å². The van der Waals surface area contributed by atoms with Crippen LogP contribution in [0.15, 0.2) is 28.9 Å². The fourth-order valence-corrected chi connectivity index (χ4v) is 4.77. The first kappa shape index (κ1) is 19.0. The Morgan fingerprint density at radius 2 is 2.03 bits per heavy atom. The summed E-state index contributed by atoms with van der Waals surface area (Å²) in [6.45, 7) is 0. The van der Waals surface area contributed by atoms with E-state index < -0.39 is 5.92 Å². The third-order valence-corrected chi connectivity index (χ3v) is 6.20. The van der Waals surface area contributed by atoms with Crippen molar-refractivity contribution in [3.05, 3.63) is 35.7 Å². The van der Waals surface area contributed by atoms with Crippen LogP contribution >= 0.6 is 0 Å². The van der Waals surface area contributed by atoms with Gasteiger partial charge >= 0.3 is 0 Å². The van der Waals surface area contributed by atoms with Gasteiger partial charge in [-0.15, -0.1) is 0 Å². The highest BCUT2D eigenvalue weighted by molar-refractivity contribution is 6.12. The lowest BCUT2D eigenvalue weighted by Gasteiger charge is -2.19. The molecule has 1 saturated heterocycles. The van der Waals surface area contributed by atoms with Gasteiger partial charge in [0, 0.05) is 43.7 Å². The maximum Gasteiger partial charge on any atom is 0.235 e. The molecule has 1 aromatic carbocycles. The van der Waals surface area contributed by atoms with Crippen LogP contribution in [-0.2, 0) is 19.1 Å². The number of hydrogen-bond acceptors (Lipinski definition) is 6. The Kier molecular flexibility index (Phi) is 4.67. The summed E-state index contributed by atoms with van der Waals surface area (Å²) in [5, 5.41) is 7.14. The molecule has 1 aliphatic carbocycles. The van der Waals surface area contributed by atoms with Gasteiger partial charge in [-0.3, -0.25) is 19.9 Å². The third-order valence-electron chi connectivity index (χ3n) is 6.20. The van der Waals surface area contributed by atoms with Gasteiger partial charge < -0.3 is 14.0 Å². The number of imide groups is 1. The van der Waals surface area contributed by atoms with Crippen LogP contribution < -0.4 is 5.32 Å². The molecule has 0 bridgehead atoms. The molecule has 156 valence electrons. The molecular formula is C22H23N3O5. The number of carbonyl (C=O) groups is 2. The van der Waals surface area contributed by atoms with Crippen LogP contribution in [0.3, 0.4) is 0 Å². The number of ether oxygens (including phenoxy) is 2. The molecule has 0 radical (unpaired) electrons. The molecule has 2 aromatic heterocycles. The van der Waals surface area contributed by atoms with Crippen molar-refractivity contribution in [1.29, 1.82) is 0 Å².